The van der Waals surface area contributed by atoms with Gasteiger partial charge in [0, 0.05) is 37.8 Å². The van der Waals surface area contributed by atoms with Crippen molar-refractivity contribution in [2.24, 2.45) is 56.2 Å². The third kappa shape index (κ3) is 5.09. The van der Waals surface area contributed by atoms with Gasteiger partial charge < -0.3 is 14.7 Å². The standard InChI is InChI=1S/C39H61NO6/c1-34(2,33(44)45)24-32(43)46-30-13-17-36(5)28(35(30,3)4)12-18-38(7)29(36)11-10-26-27-9-8-16-39(27,20-19-37(26,38)6)23-31(42)40-21-14-25(41)15-22-40/h26-30H,8-24H2,1-7H3,(H,44,45)/t26-,27-,28?,29?,30+,36+,37-,38-,39-/m1/s1. The fraction of sp³-hybridized carbons (Fsp3) is 0.897. The number of likely N-dealkylation sites (tertiary alicyclic amines) is 1. The third-order valence-corrected chi connectivity index (χ3v) is 16.1. The molecule has 0 aromatic carbocycles. The summed E-state index contributed by atoms with van der Waals surface area (Å²) in [6, 6.07) is 0. The summed E-state index contributed by atoms with van der Waals surface area (Å²) >= 11 is 0. The topological polar surface area (TPSA) is 101 Å². The highest BCUT2D eigenvalue weighted by atomic mass is 16.5. The van der Waals surface area contributed by atoms with Gasteiger partial charge in [0.1, 0.15) is 11.9 Å². The first-order valence-electron chi connectivity index (χ1n) is 18.6. The van der Waals surface area contributed by atoms with E-state index < -0.39 is 17.4 Å². The SMILES string of the molecule is CC(C)(CC(=O)O[C@H]1CC[C@@]2(C)C(CC[C@]3(C)C2CC[C@@H]2[C@H]4CCC[C@]4(CC(=O)N4CCC(=O)CC4)CC[C@]23C)C1(C)C)C(=O)O. The summed E-state index contributed by atoms with van der Waals surface area (Å²) in [6.45, 7) is 16.8. The van der Waals surface area contributed by atoms with E-state index >= 15 is 0 Å². The summed E-state index contributed by atoms with van der Waals surface area (Å²) < 4.78 is 6.14. The molecule has 6 aliphatic rings. The van der Waals surface area contributed by atoms with Crippen LogP contribution in [-0.2, 0) is 23.9 Å². The van der Waals surface area contributed by atoms with Gasteiger partial charge >= 0.3 is 11.9 Å². The second-order valence-electron chi connectivity index (χ2n) is 18.8. The minimum absolute atomic E-state index is 0.108. The lowest BCUT2D eigenvalue weighted by molar-refractivity contribution is -0.248. The predicted molar refractivity (Wildman–Crippen MR) is 177 cm³/mol. The van der Waals surface area contributed by atoms with E-state index in [2.05, 4.69) is 34.6 Å². The van der Waals surface area contributed by atoms with Gasteiger partial charge in [0.25, 0.3) is 0 Å². The minimum Gasteiger partial charge on any atom is -0.481 e. The van der Waals surface area contributed by atoms with Crippen LogP contribution in [-0.4, -0.2) is 52.8 Å². The van der Waals surface area contributed by atoms with Gasteiger partial charge in [-0.05, 0) is 123 Å². The molecule has 1 N–H and O–H groups in total. The Labute approximate surface area is 277 Å². The first-order chi connectivity index (χ1) is 21.4. The maximum atomic E-state index is 13.7. The van der Waals surface area contributed by atoms with E-state index in [9.17, 15) is 24.3 Å². The van der Waals surface area contributed by atoms with Crippen LogP contribution in [0.2, 0.25) is 0 Å². The van der Waals surface area contributed by atoms with Crippen LogP contribution in [0.25, 0.3) is 0 Å². The van der Waals surface area contributed by atoms with Crippen LogP contribution in [0.1, 0.15) is 145 Å². The number of esters is 1. The quantitative estimate of drug-likeness (QED) is 0.297. The summed E-state index contributed by atoms with van der Waals surface area (Å²) in [4.78, 5) is 52.1. The number of nitrogens with zero attached hydrogens (tertiary/aromatic N) is 1. The van der Waals surface area contributed by atoms with Crippen LogP contribution in [0, 0.1) is 56.2 Å². The number of fused-ring (bicyclic) bond motifs is 7. The van der Waals surface area contributed by atoms with Crippen molar-refractivity contribution in [2.45, 2.75) is 151 Å². The number of rotatable bonds is 6. The van der Waals surface area contributed by atoms with Gasteiger partial charge in [0.15, 0.2) is 0 Å². The molecule has 1 heterocycles. The largest absolute Gasteiger partial charge is 0.481 e. The van der Waals surface area contributed by atoms with E-state index in [1.54, 1.807) is 13.8 Å². The lowest BCUT2D eigenvalue weighted by Gasteiger charge is -2.72. The number of ether oxygens (including phenoxy) is 1. The number of piperidine rings is 1. The molecular weight excluding hydrogens is 578 g/mol. The maximum absolute atomic E-state index is 13.7. The molecule has 0 bridgehead atoms. The van der Waals surface area contributed by atoms with E-state index in [4.69, 9.17) is 4.74 Å². The molecule has 6 rings (SSSR count). The fourth-order valence-electron chi connectivity index (χ4n) is 13.3. The average molecular weight is 640 g/mol. The first-order valence-corrected chi connectivity index (χ1v) is 18.6. The maximum Gasteiger partial charge on any atom is 0.309 e. The number of carboxylic acids is 1. The summed E-state index contributed by atoms with van der Waals surface area (Å²) in [6.07, 6.45) is 14.2. The molecule has 1 amide bonds. The molecule has 5 saturated carbocycles. The molecular formula is C39H61NO6. The summed E-state index contributed by atoms with van der Waals surface area (Å²) in [7, 11) is 0. The second kappa shape index (κ2) is 11.3. The number of ketones is 1. The van der Waals surface area contributed by atoms with Gasteiger partial charge in [0.2, 0.25) is 5.91 Å². The lowest BCUT2D eigenvalue weighted by Crippen LogP contribution is -2.66. The van der Waals surface area contributed by atoms with Crippen molar-refractivity contribution in [1.29, 1.82) is 0 Å². The van der Waals surface area contributed by atoms with Gasteiger partial charge in [0.05, 0.1) is 11.8 Å². The van der Waals surface area contributed by atoms with Crippen molar-refractivity contribution in [3.8, 4) is 0 Å². The summed E-state index contributed by atoms with van der Waals surface area (Å²) in [5.74, 6) is 1.55. The van der Waals surface area contributed by atoms with Crippen molar-refractivity contribution in [1.82, 2.24) is 4.90 Å². The highest BCUT2D eigenvalue weighted by Gasteiger charge is 2.70. The van der Waals surface area contributed by atoms with E-state index in [1.165, 1.54) is 44.9 Å². The Morgan fingerprint density at radius 2 is 1.52 bits per heavy atom. The molecule has 0 aromatic rings. The van der Waals surface area contributed by atoms with Crippen molar-refractivity contribution < 1.29 is 29.0 Å². The molecule has 5 aliphatic carbocycles. The molecule has 7 nitrogen and oxygen atoms in total. The lowest BCUT2D eigenvalue weighted by atomic mass is 9.32. The molecule has 1 aliphatic heterocycles. The van der Waals surface area contributed by atoms with Gasteiger partial charge in [-0.3, -0.25) is 19.2 Å². The zero-order valence-electron chi connectivity index (χ0n) is 29.8. The zero-order valence-corrected chi connectivity index (χ0v) is 29.8. The molecule has 0 aromatic heterocycles. The van der Waals surface area contributed by atoms with Gasteiger partial charge in [-0.1, -0.05) is 41.0 Å². The van der Waals surface area contributed by atoms with Crippen molar-refractivity contribution in [2.75, 3.05) is 13.1 Å². The van der Waals surface area contributed by atoms with E-state index in [0.29, 0.717) is 67.7 Å². The molecule has 1 saturated heterocycles. The van der Waals surface area contributed by atoms with Gasteiger partial charge in [-0.2, -0.15) is 0 Å². The van der Waals surface area contributed by atoms with Crippen molar-refractivity contribution >= 4 is 23.6 Å². The normalized spacial score (nSPS) is 43.5. The summed E-state index contributed by atoms with van der Waals surface area (Å²) in [5.41, 5.74) is -0.534. The molecule has 9 atom stereocenters. The number of carbonyl (C=O) groups is 4. The van der Waals surface area contributed by atoms with E-state index in [-0.39, 0.29) is 39.6 Å². The number of carboxylic acid groups (broad SMARTS) is 1. The Bertz CT molecular complexity index is 1260. The highest BCUT2D eigenvalue weighted by Crippen LogP contribution is 2.77. The summed E-state index contributed by atoms with van der Waals surface area (Å²) in [5, 5.41) is 9.55. The third-order valence-electron chi connectivity index (χ3n) is 16.1. The van der Waals surface area contributed by atoms with Crippen LogP contribution in [0.4, 0.5) is 0 Å². The van der Waals surface area contributed by atoms with E-state index in [1.807, 2.05) is 4.90 Å². The van der Waals surface area contributed by atoms with Crippen LogP contribution in [0.5, 0.6) is 0 Å². The monoisotopic (exact) mass is 639 g/mol. The molecule has 2 unspecified atom stereocenters. The molecule has 6 fully saturated rings. The number of carbonyl (C=O) groups excluding carboxylic acids is 3. The predicted octanol–water partition coefficient (Wildman–Crippen LogP) is 7.84. The highest BCUT2D eigenvalue weighted by molar-refractivity contribution is 5.84. The number of Topliss-reactive ketones (excluding diaryl/α,β-unsaturated/α-hetero) is 1. The Kier molecular flexibility index (Phi) is 8.36. The van der Waals surface area contributed by atoms with Gasteiger partial charge in [-0.15, -0.1) is 0 Å². The van der Waals surface area contributed by atoms with Crippen LogP contribution >= 0.6 is 0 Å². The molecule has 0 radical (unpaired) electrons. The molecule has 258 valence electrons. The Morgan fingerprint density at radius 3 is 2.20 bits per heavy atom. The van der Waals surface area contributed by atoms with Crippen LogP contribution in [0.3, 0.4) is 0 Å². The molecule has 0 spiro atoms. The Morgan fingerprint density at radius 1 is 0.826 bits per heavy atom. The van der Waals surface area contributed by atoms with Crippen molar-refractivity contribution in [3.63, 3.8) is 0 Å². The van der Waals surface area contributed by atoms with Crippen LogP contribution < -0.4 is 0 Å². The Balaban J connectivity index is 1.19. The average Bonchev–Trinajstić information content (AvgIpc) is 3.38. The van der Waals surface area contributed by atoms with Crippen molar-refractivity contribution in [3.05, 3.63) is 0 Å². The smallest absolute Gasteiger partial charge is 0.309 e. The number of amides is 1. The number of hydrogen-bond acceptors (Lipinski definition) is 5. The first kappa shape index (κ1) is 34.0. The minimum atomic E-state index is -1.14. The Hall–Kier alpha value is -1.92. The molecule has 46 heavy (non-hydrogen) atoms. The van der Waals surface area contributed by atoms with E-state index in [0.717, 1.165) is 25.7 Å². The number of aliphatic carboxylic acids is 1. The zero-order chi connectivity index (χ0) is 33.5. The fourth-order valence-corrected chi connectivity index (χ4v) is 13.3. The number of hydrogen-bond donors (Lipinski definition) is 1. The molecule has 7 heteroatoms. The second-order valence-corrected chi connectivity index (χ2v) is 18.8. The van der Waals surface area contributed by atoms with Gasteiger partial charge in [-0.25, -0.2) is 0 Å². The van der Waals surface area contributed by atoms with Crippen LogP contribution in [0.15, 0.2) is 0 Å².